The summed E-state index contributed by atoms with van der Waals surface area (Å²) in [5, 5.41) is 0. The number of aliphatic imine (C=N–C) groups is 1. The number of nitrogens with zero attached hydrogens (tertiary/aromatic N) is 4. The second kappa shape index (κ2) is 5.83. The average molecular weight is 272 g/mol. The third-order valence-corrected chi connectivity index (χ3v) is 4.31. The number of likely N-dealkylation sites (N-methyl/N-ethyl adjacent to an activating group) is 1. The van der Waals surface area contributed by atoms with E-state index in [0.29, 0.717) is 6.04 Å². The fourth-order valence-electron chi connectivity index (χ4n) is 3.09. The van der Waals surface area contributed by atoms with Gasteiger partial charge in [-0.2, -0.15) is 0 Å². The van der Waals surface area contributed by atoms with Crippen molar-refractivity contribution in [3.8, 4) is 0 Å². The normalized spacial score (nSPS) is 24.1. The Balaban J connectivity index is 1.60. The highest BCUT2D eigenvalue weighted by molar-refractivity contribution is 5.81. The van der Waals surface area contributed by atoms with Crippen LogP contribution in [0.2, 0.25) is 0 Å². The van der Waals surface area contributed by atoms with Crippen LogP contribution in [0.4, 0.5) is 0 Å². The van der Waals surface area contributed by atoms with Crippen molar-refractivity contribution in [2.24, 2.45) is 4.99 Å². The van der Waals surface area contributed by atoms with Crippen LogP contribution in [-0.4, -0.2) is 66.5 Å². The van der Waals surface area contributed by atoms with E-state index in [-0.39, 0.29) is 0 Å². The Labute approximate surface area is 121 Å². The first-order valence-electron chi connectivity index (χ1n) is 7.52. The maximum absolute atomic E-state index is 4.63. The van der Waals surface area contributed by atoms with Crippen LogP contribution >= 0.6 is 0 Å². The monoisotopic (exact) mass is 272 g/mol. The number of benzene rings is 1. The molecular weight excluding hydrogens is 248 g/mol. The van der Waals surface area contributed by atoms with Gasteiger partial charge in [0.05, 0.1) is 6.54 Å². The van der Waals surface area contributed by atoms with E-state index in [0.717, 1.165) is 39.3 Å². The van der Waals surface area contributed by atoms with Crippen LogP contribution in [-0.2, 0) is 6.54 Å². The SMILES string of the molecule is CC1CN(C2=NCCN2C)CCN1Cc1ccccc1. The number of rotatable bonds is 2. The number of hydrogen-bond donors (Lipinski definition) is 0. The van der Waals surface area contributed by atoms with Crippen molar-refractivity contribution in [2.75, 3.05) is 39.8 Å². The Bertz CT molecular complexity index is 471. The first-order valence-corrected chi connectivity index (χ1v) is 7.52. The van der Waals surface area contributed by atoms with E-state index < -0.39 is 0 Å². The lowest BCUT2D eigenvalue weighted by molar-refractivity contribution is 0.110. The Hall–Kier alpha value is -1.55. The maximum atomic E-state index is 4.63. The molecule has 1 saturated heterocycles. The lowest BCUT2D eigenvalue weighted by Crippen LogP contribution is -2.55. The second-order valence-corrected chi connectivity index (χ2v) is 5.85. The average Bonchev–Trinajstić information content (AvgIpc) is 2.88. The minimum absolute atomic E-state index is 0.570. The summed E-state index contributed by atoms with van der Waals surface area (Å²) < 4.78 is 0. The quantitative estimate of drug-likeness (QED) is 0.814. The van der Waals surface area contributed by atoms with Gasteiger partial charge in [-0.05, 0) is 12.5 Å². The standard InChI is InChI=1S/C16H24N4/c1-14-12-20(16-17-8-9-18(16)2)11-10-19(14)13-15-6-4-3-5-7-15/h3-7,14H,8-13H2,1-2H3. The first-order chi connectivity index (χ1) is 9.74. The molecule has 2 aliphatic heterocycles. The molecule has 1 fully saturated rings. The summed E-state index contributed by atoms with van der Waals surface area (Å²) in [6.45, 7) is 8.67. The van der Waals surface area contributed by atoms with E-state index in [9.17, 15) is 0 Å². The van der Waals surface area contributed by atoms with Crippen LogP contribution in [0.15, 0.2) is 35.3 Å². The molecule has 3 rings (SSSR count). The van der Waals surface area contributed by atoms with Gasteiger partial charge in [-0.15, -0.1) is 0 Å². The number of guanidine groups is 1. The molecule has 4 heteroatoms. The van der Waals surface area contributed by atoms with E-state index in [2.05, 4.69) is 64.0 Å². The Morgan fingerprint density at radius 3 is 2.60 bits per heavy atom. The highest BCUT2D eigenvalue weighted by Crippen LogP contribution is 2.16. The van der Waals surface area contributed by atoms with E-state index in [1.165, 1.54) is 11.5 Å². The third-order valence-electron chi connectivity index (χ3n) is 4.31. The van der Waals surface area contributed by atoms with Crippen LogP contribution in [0.5, 0.6) is 0 Å². The molecule has 0 saturated carbocycles. The number of hydrogen-bond acceptors (Lipinski definition) is 4. The molecule has 20 heavy (non-hydrogen) atoms. The highest BCUT2D eigenvalue weighted by atomic mass is 15.4. The van der Waals surface area contributed by atoms with Crippen molar-refractivity contribution in [3.05, 3.63) is 35.9 Å². The molecule has 108 valence electrons. The van der Waals surface area contributed by atoms with Crippen LogP contribution in [0.1, 0.15) is 12.5 Å². The third kappa shape index (κ3) is 2.80. The fraction of sp³-hybridized carbons (Fsp3) is 0.562. The minimum Gasteiger partial charge on any atom is -0.344 e. The topological polar surface area (TPSA) is 22.1 Å². The molecule has 0 amide bonds. The van der Waals surface area contributed by atoms with Gasteiger partial charge >= 0.3 is 0 Å². The van der Waals surface area contributed by atoms with E-state index >= 15 is 0 Å². The molecule has 0 bridgehead atoms. The van der Waals surface area contributed by atoms with E-state index in [1.807, 2.05) is 0 Å². The van der Waals surface area contributed by atoms with Gasteiger partial charge in [-0.3, -0.25) is 9.89 Å². The largest absolute Gasteiger partial charge is 0.344 e. The summed E-state index contributed by atoms with van der Waals surface area (Å²) in [6.07, 6.45) is 0. The van der Waals surface area contributed by atoms with Crippen molar-refractivity contribution in [1.29, 1.82) is 0 Å². The highest BCUT2D eigenvalue weighted by Gasteiger charge is 2.28. The maximum Gasteiger partial charge on any atom is 0.196 e. The zero-order valence-corrected chi connectivity index (χ0v) is 12.5. The smallest absolute Gasteiger partial charge is 0.196 e. The Morgan fingerprint density at radius 2 is 1.95 bits per heavy atom. The summed E-state index contributed by atoms with van der Waals surface area (Å²) >= 11 is 0. The van der Waals surface area contributed by atoms with Gasteiger partial charge < -0.3 is 9.80 Å². The summed E-state index contributed by atoms with van der Waals surface area (Å²) in [7, 11) is 2.15. The van der Waals surface area contributed by atoms with Gasteiger partial charge in [0.2, 0.25) is 0 Å². The predicted molar refractivity (Wildman–Crippen MR) is 82.8 cm³/mol. The van der Waals surface area contributed by atoms with Crippen LogP contribution in [0.25, 0.3) is 0 Å². The van der Waals surface area contributed by atoms with E-state index in [4.69, 9.17) is 0 Å². The molecule has 1 aromatic rings. The van der Waals surface area contributed by atoms with Crippen LogP contribution in [0, 0.1) is 0 Å². The van der Waals surface area contributed by atoms with Crippen LogP contribution in [0.3, 0.4) is 0 Å². The first kappa shape index (κ1) is 13.4. The molecule has 1 aromatic carbocycles. The zero-order chi connectivity index (χ0) is 13.9. The fourth-order valence-corrected chi connectivity index (χ4v) is 3.09. The molecule has 0 aromatic heterocycles. The molecule has 2 heterocycles. The molecule has 0 N–H and O–H groups in total. The lowest BCUT2D eigenvalue weighted by Gasteiger charge is -2.41. The summed E-state index contributed by atoms with van der Waals surface area (Å²) in [5.41, 5.74) is 1.41. The molecular formula is C16H24N4. The molecule has 1 unspecified atom stereocenters. The molecule has 0 spiro atoms. The predicted octanol–water partition coefficient (Wildman–Crippen LogP) is 1.49. The van der Waals surface area contributed by atoms with Gasteiger partial charge in [0.15, 0.2) is 5.96 Å². The van der Waals surface area contributed by atoms with Crippen molar-refractivity contribution < 1.29 is 0 Å². The van der Waals surface area contributed by atoms with Gasteiger partial charge in [-0.25, -0.2) is 0 Å². The van der Waals surface area contributed by atoms with E-state index in [1.54, 1.807) is 0 Å². The van der Waals surface area contributed by atoms with Gasteiger partial charge in [0.1, 0.15) is 0 Å². The molecule has 1 atom stereocenters. The second-order valence-electron chi connectivity index (χ2n) is 5.85. The summed E-state index contributed by atoms with van der Waals surface area (Å²) in [4.78, 5) is 11.9. The van der Waals surface area contributed by atoms with Crippen molar-refractivity contribution in [2.45, 2.75) is 19.5 Å². The molecule has 2 aliphatic rings. The molecule has 4 nitrogen and oxygen atoms in total. The van der Waals surface area contributed by atoms with Gasteiger partial charge in [0.25, 0.3) is 0 Å². The van der Waals surface area contributed by atoms with Crippen molar-refractivity contribution in [1.82, 2.24) is 14.7 Å². The Kier molecular flexibility index (Phi) is 3.92. The minimum atomic E-state index is 0.570. The van der Waals surface area contributed by atoms with Crippen molar-refractivity contribution in [3.63, 3.8) is 0 Å². The Morgan fingerprint density at radius 1 is 1.15 bits per heavy atom. The van der Waals surface area contributed by atoms with Gasteiger partial charge in [-0.1, -0.05) is 30.3 Å². The number of piperazine rings is 1. The molecule has 0 radical (unpaired) electrons. The van der Waals surface area contributed by atoms with Gasteiger partial charge in [0, 0.05) is 45.8 Å². The zero-order valence-electron chi connectivity index (χ0n) is 12.5. The lowest BCUT2D eigenvalue weighted by atomic mass is 10.1. The van der Waals surface area contributed by atoms with Crippen molar-refractivity contribution >= 4 is 5.96 Å². The summed E-state index contributed by atoms with van der Waals surface area (Å²) in [5.74, 6) is 1.19. The van der Waals surface area contributed by atoms with Crippen LogP contribution < -0.4 is 0 Å². The molecule has 0 aliphatic carbocycles. The summed E-state index contributed by atoms with van der Waals surface area (Å²) in [6, 6.07) is 11.3.